The van der Waals surface area contributed by atoms with E-state index in [1.807, 2.05) is 67.6 Å². The molecule has 0 fully saturated rings. The fourth-order valence-corrected chi connectivity index (χ4v) is 3.80. The van der Waals surface area contributed by atoms with Crippen LogP contribution in [0.3, 0.4) is 0 Å². The summed E-state index contributed by atoms with van der Waals surface area (Å²) in [7, 11) is 0. The SMILES string of the molecule is CC(C)CC(CC(C)C)NC[C@@H](C)OC(=O)C(c1ccccc1)c1ccccc1. The van der Waals surface area contributed by atoms with E-state index >= 15 is 0 Å². The number of rotatable bonds is 11. The highest BCUT2D eigenvalue weighted by Crippen LogP contribution is 2.26. The molecule has 0 saturated carbocycles. The second-order valence-corrected chi connectivity index (χ2v) is 8.87. The fourth-order valence-electron chi connectivity index (χ4n) is 3.80. The topological polar surface area (TPSA) is 38.3 Å². The van der Waals surface area contributed by atoms with Crippen LogP contribution >= 0.6 is 0 Å². The number of esters is 1. The monoisotopic (exact) mass is 395 g/mol. The maximum Gasteiger partial charge on any atom is 0.318 e. The fraction of sp³-hybridized carbons (Fsp3) is 0.500. The summed E-state index contributed by atoms with van der Waals surface area (Å²) in [6.45, 7) is 11.7. The average Bonchev–Trinajstić information content (AvgIpc) is 2.67. The quantitative estimate of drug-likeness (QED) is 0.489. The minimum Gasteiger partial charge on any atom is -0.461 e. The smallest absolute Gasteiger partial charge is 0.318 e. The Morgan fingerprint density at radius 3 is 1.66 bits per heavy atom. The number of ether oxygens (including phenoxy) is 1. The zero-order valence-corrected chi connectivity index (χ0v) is 18.6. The Morgan fingerprint density at radius 1 is 0.793 bits per heavy atom. The summed E-state index contributed by atoms with van der Waals surface area (Å²) in [5.41, 5.74) is 1.92. The summed E-state index contributed by atoms with van der Waals surface area (Å²) >= 11 is 0. The molecule has 2 aromatic rings. The third kappa shape index (κ3) is 8.02. The highest BCUT2D eigenvalue weighted by molar-refractivity contribution is 5.82. The van der Waals surface area contributed by atoms with Crippen LogP contribution in [0.5, 0.6) is 0 Å². The molecule has 2 aromatic carbocycles. The van der Waals surface area contributed by atoms with Crippen LogP contribution in [-0.4, -0.2) is 24.7 Å². The maximum absolute atomic E-state index is 13.1. The van der Waals surface area contributed by atoms with Gasteiger partial charge in [-0.1, -0.05) is 88.4 Å². The van der Waals surface area contributed by atoms with Gasteiger partial charge in [-0.05, 0) is 42.7 Å². The molecular formula is C26H37NO2. The van der Waals surface area contributed by atoms with E-state index in [9.17, 15) is 4.79 Å². The Morgan fingerprint density at radius 2 is 1.24 bits per heavy atom. The van der Waals surface area contributed by atoms with E-state index in [2.05, 4.69) is 33.0 Å². The first kappa shape index (κ1) is 23.2. The number of nitrogens with one attached hydrogen (secondary N) is 1. The second-order valence-electron chi connectivity index (χ2n) is 8.87. The molecule has 29 heavy (non-hydrogen) atoms. The Labute approximate surface area is 176 Å². The van der Waals surface area contributed by atoms with Crippen molar-refractivity contribution in [3.63, 3.8) is 0 Å². The Kier molecular flexibility index (Phi) is 9.40. The van der Waals surface area contributed by atoms with Gasteiger partial charge in [0.25, 0.3) is 0 Å². The van der Waals surface area contributed by atoms with Crippen molar-refractivity contribution in [3.05, 3.63) is 71.8 Å². The molecule has 0 spiro atoms. The molecule has 3 heteroatoms. The summed E-state index contributed by atoms with van der Waals surface area (Å²) in [6, 6.07) is 20.2. The van der Waals surface area contributed by atoms with Gasteiger partial charge in [0.2, 0.25) is 0 Å². The normalized spacial score (nSPS) is 12.7. The number of carbonyl (C=O) groups is 1. The minimum atomic E-state index is -0.401. The predicted octanol–water partition coefficient (Wildman–Crippen LogP) is 5.80. The Hall–Kier alpha value is -2.13. The average molecular weight is 396 g/mol. The minimum absolute atomic E-state index is 0.181. The van der Waals surface area contributed by atoms with Gasteiger partial charge in [-0.15, -0.1) is 0 Å². The number of benzene rings is 2. The highest BCUT2D eigenvalue weighted by atomic mass is 16.5. The third-order valence-electron chi connectivity index (χ3n) is 5.02. The molecule has 0 bridgehead atoms. The van der Waals surface area contributed by atoms with E-state index in [0.29, 0.717) is 24.4 Å². The van der Waals surface area contributed by atoms with Gasteiger partial charge in [-0.2, -0.15) is 0 Å². The van der Waals surface area contributed by atoms with Gasteiger partial charge in [-0.25, -0.2) is 0 Å². The van der Waals surface area contributed by atoms with Crippen LogP contribution in [0.4, 0.5) is 0 Å². The van der Waals surface area contributed by atoms with E-state index in [1.165, 1.54) is 0 Å². The molecule has 0 unspecified atom stereocenters. The molecule has 0 aliphatic heterocycles. The lowest BCUT2D eigenvalue weighted by molar-refractivity contribution is -0.148. The van der Waals surface area contributed by atoms with E-state index in [-0.39, 0.29) is 12.1 Å². The van der Waals surface area contributed by atoms with Gasteiger partial charge in [-0.3, -0.25) is 4.79 Å². The first-order chi connectivity index (χ1) is 13.9. The van der Waals surface area contributed by atoms with Gasteiger partial charge < -0.3 is 10.1 Å². The summed E-state index contributed by atoms with van der Waals surface area (Å²) < 4.78 is 5.88. The summed E-state index contributed by atoms with van der Waals surface area (Å²) in [5.74, 6) is 0.692. The largest absolute Gasteiger partial charge is 0.461 e. The van der Waals surface area contributed by atoms with Crippen molar-refractivity contribution < 1.29 is 9.53 Å². The van der Waals surface area contributed by atoms with Crippen LogP contribution in [0, 0.1) is 11.8 Å². The molecule has 1 atom stereocenters. The van der Waals surface area contributed by atoms with Crippen molar-refractivity contribution in [3.8, 4) is 0 Å². The van der Waals surface area contributed by atoms with E-state index in [0.717, 1.165) is 24.0 Å². The van der Waals surface area contributed by atoms with Gasteiger partial charge >= 0.3 is 5.97 Å². The van der Waals surface area contributed by atoms with Crippen molar-refractivity contribution >= 4 is 5.97 Å². The number of carbonyl (C=O) groups excluding carboxylic acids is 1. The van der Waals surface area contributed by atoms with Crippen LogP contribution in [0.2, 0.25) is 0 Å². The molecule has 2 rings (SSSR count). The molecule has 0 aliphatic carbocycles. The van der Waals surface area contributed by atoms with Crippen LogP contribution in [0.1, 0.15) is 64.5 Å². The van der Waals surface area contributed by atoms with Crippen molar-refractivity contribution in [1.29, 1.82) is 0 Å². The lowest BCUT2D eigenvalue weighted by Crippen LogP contribution is -2.38. The Bertz CT molecular complexity index is 663. The third-order valence-corrected chi connectivity index (χ3v) is 5.02. The zero-order chi connectivity index (χ0) is 21.2. The van der Waals surface area contributed by atoms with E-state index in [1.54, 1.807) is 0 Å². The molecule has 1 N–H and O–H groups in total. The maximum atomic E-state index is 13.1. The number of hydrogen-bond acceptors (Lipinski definition) is 3. The molecule has 0 heterocycles. The van der Waals surface area contributed by atoms with Crippen LogP contribution in [0.15, 0.2) is 60.7 Å². The van der Waals surface area contributed by atoms with Crippen LogP contribution in [-0.2, 0) is 9.53 Å². The van der Waals surface area contributed by atoms with Crippen LogP contribution < -0.4 is 5.32 Å². The molecular weight excluding hydrogens is 358 g/mol. The number of hydrogen-bond donors (Lipinski definition) is 1. The van der Waals surface area contributed by atoms with E-state index < -0.39 is 5.92 Å². The van der Waals surface area contributed by atoms with Gasteiger partial charge in [0.15, 0.2) is 0 Å². The summed E-state index contributed by atoms with van der Waals surface area (Å²) in [4.78, 5) is 13.1. The molecule has 0 aromatic heterocycles. The molecule has 158 valence electrons. The van der Waals surface area contributed by atoms with Crippen molar-refractivity contribution in [2.24, 2.45) is 11.8 Å². The zero-order valence-electron chi connectivity index (χ0n) is 18.6. The van der Waals surface area contributed by atoms with E-state index in [4.69, 9.17) is 4.74 Å². The molecule has 0 aliphatic rings. The lowest BCUT2D eigenvalue weighted by atomic mass is 9.91. The molecule has 0 amide bonds. The van der Waals surface area contributed by atoms with Crippen molar-refractivity contribution in [2.75, 3.05) is 6.54 Å². The predicted molar refractivity (Wildman–Crippen MR) is 121 cm³/mol. The second kappa shape index (κ2) is 11.8. The Balaban J connectivity index is 2.03. The van der Waals surface area contributed by atoms with Gasteiger partial charge in [0.1, 0.15) is 12.0 Å². The van der Waals surface area contributed by atoms with Crippen LogP contribution in [0.25, 0.3) is 0 Å². The highest BCUT2D eigenvalue weighted by Gasteiger charge is 2.26. The van der Waals surface area contributed by atoms with Gasteiger partial charge in [0, 0.05) is 12.6 Å². The molecule has 0 saturated heterocycles. The van der Waals surface area contributed by atoms with Gasteiger partial charge in [0.05, 0.1) is 0 Å². The standard InChI is InChI=1S/C26H37NO2/c1-19(2)16-24(17-20(3)4)27-18-21(5)29-26(28)25(22-12-8-6-9-13-22)23-14-10-7-11-15-23/h6-15,19-21,24-25,27H,16-18H2,1-5H3/t21-/m1/s1. The van der Waals surface area contributed by atoms with Crippen molar-refractivity contribution in [1.82, 2.24) is 5.32 Å². The molecule has 0 radical (unpaired) electrons. The molecule has 3 nitrogen and oxygen atoms in total. The summed E-state index contributed by atoms with van der Waals surface area (Å²) in [6.07, 6.45) is 2.09. The lowest BCUT2D eigenvalue weighted by Gasteiger charge is -2.25. The first-order valence-electron chi connectivity index (χ1n) is 10.9. The summed E-state index contributed by atoms with van der Waals surface area (Å²) in [5, 5.41) is 3.63. The first-order valence-corrected chi connectivity index (χ1v) is 10.9. The van der Waals surface area contributed by atoms with Crippen molar-refractivity contribution in [2.45, 2.75) is 65.5 Å².